The van der Waals surface area contributed by atoms with Crippen LogP contribution in [0, 0.1) is 11.7 Å². The molecule has 0 aromatic heterocycles. The van der Waals surface area contributed by atoms with Crippen molar-refractivity contribution in [2.24, 2.45) is 5.92 Å². The molecule has 0 radical (unpaired) electrons. The van der Waals surface area contributed by atoms with Crippen LogP contribution in [0.2, 0.25) is 0 Å². The van der Waals surface area contributed by atoms with Crippen molar-refractivity contribution in [1.82, 2.24) is 5.32 Å². The van der Waals surface area contributed by atoms with Gasteiger partial charge in [0.25, 0.3) is 0 Å². The van der Waals surface area contributed by atoms with Crippen molar-refractivity contribution in [3.05, 3.63) is 70.5 Å². The Morgan fingerprint density at radius 3 is 2.62 bits per heavy atom. The number of amides is 1. The topological polar surface area (TPSA) is 29.1 Å². The molecule has 0 heterocycles. The molecule has 4 rings (SSSR count). The van der Waals surface area contributed by atoms with Crippen molar-refractivity contribution in [2.45, 2.75) is 37.4 Å². The first kappa shape index (κ1) is 17.1. The van der Waals surface area contributed by atoms with E-state index in [1.165, 1.54) is 24.3 Å². The average molecular weight is 363 g/mol. The third kappa shape index (κ3) is 3.08. The van der Waals surface area contributed by atoms with Crippen LogP contribution in [0.1, 0.15) is 47.1 Å². The third-order valence-corrected chi connectivity index (χ3v) is 5.30. The van der Waals surface area contributed by atoms with Crippen LogP contribution >= 0.6 is 0 Å². The SMILES string of the molecule is O=C(NC1CCc2ccc(F)cc21)C1CC1c1ccccc1C(F)(F)F. The normalized spacial score (nSPS) is 24.2. The number of rotatable bonds is 3. The summed E-state index contributed by atoms with van der Waals surface area (Å²) in [5, 5.41) is 2.90. The number of aryl methyl sites for hydroxylation is 1. The number of benzene rings is 2. The molecule has 1 amide bonds. The van der Waals surface area contributed by atoms with Crippen LogP contribution in [0.25, 0.3) is 0 Å². The van der Waals surface area contributed by atoms with Crippen LogP contribution in [0.3, 0.4) is 0 Å². The molecule has 1 saturated carbocycles. The van der Waals surface area contributed by atoms with Crippen LogP contribution < -0.4 is 5.32 Å². The lowest BCUT2D eigenvalue weighted by Gasteiger charge is -2.15. The summed E-state index contributed by atoms with van der Waals surface area (Å²) >= 11 is 0. The monoisotopic (exact) mass is 363 g/mol. The molecule has 26 heavy (non-hydrogen) atoms. The second-order valence-electron chi connectivity index (χ2n) is 6.98. The second kappa shape index (κ2) is 6.11. The predicted molar refractivity (Wildman–Crippen MR) is 87.9 cm³/mol. The van der Waals surface area contributed by atoms with E-state index >= 15 is 0 Å². The van der Waals surface area contributed by atoms with E-state index in [0.717, 1.165) is 23.6 Å². The van der Waals surface area contributed by atoms with Crippen molar-refractivity contribution >= 4 is 5.91 Å². The zero-order chi connectivity index (χ0) is 18.5. The van der Waals surface area contributed by atoms with Crippen molar-refractivity contribution in [3.8, 4) is 0 Å². The van der Waals surface area contributed by atoms with E-state index in [1.807, 2.05) is 0 Å². The molecular weight excluding hydrogens is 346 g/mol. The van der Waals surface area contributed by atoms with Gasteiger partial charge in [-0.2, -0.15) is 13.2 Å². The molecule has 6 heteroatoms. The smallest absolute Gasteiger partial charge is 0.349 e. The highest BCUT2D eigenvalue weighted by atomic mass is 19.4. The van der Waals surface area contributed by atoms with E-state index in [0.29, 0.717) is 12.8 Å². The largest absolute Gasteiger partial charge is 0.416 e. The maximum absolute atomic E-state index is 13.5. The molecule has 136 valence electrons. The molecule has 2 aromatic carbocycles. The first-order valence-corrected chi connectivity index (χ1v) is 8.59. The van der Waals surface area contributed by atoms with Gasteiger partial charge in [0.05, 0.1) is 11.6 Å². The standard InChI is InChI=1S/C20H17F4NO/c21-12-7-5-11-6-8-18(14(11)9-12)25-19(26)16-10-15(16)13-3-1-2-4-17(13)20(22,23)24/h1-5,7,9,15-16,18H,6,8,10H2,(H,25,26). The fourth-order valence-electron chi connectivity index (χ4n) is 3.91. The minimum atomic E-state index is -4.43. The molecule has 1 N–H and O–H groups in total. The molecule has 0 spiro atoms. The molecule has 1 fully saturated rings. The Balaban J connectivity index is 1.48. The first-order chi connectivity index (χ1) is 12.3. The number of carbonyl (C=O) groups excluding carboxylic acids is 1. The van der Waals surface area contributed by atoms with Crippen molar-refractivity contribution in [1.29, 1.82) is 0 Å². The molecule has 0 bridgehead atoms. The molecule has 0 aliphatic heterocycles. The van der Waals surface area contributed by atoms with Gasteiger partial charge in [-0.15, -0.1) is 0 Å². The summed E-state index contributed by atoms with van der Waals surface area (Å²) < 4.78 is 52.9. The highest BCUT2D eigenvalue weighted by Gasteiger charge is 2.48. The third-order valence-electron chi connectivity index (χ3n) is 5.30. The predicted octanol–water partition coefficient (Wildman–Crippen LogP) is 4.75. The summed E-state index contributed by atoms with van der Waals surface area (Å²) in [6.45, 7) is 0. The summed E-state index contributed by atoms with van der Waals surface area (Å²) in [5.41, 5.74) is 1.28. The van der Waals surface area contributed by atoms with Gasteiger partial charge in [0.1, 0.15) is 5.82 Å². The lowest BCUT2D eigenvalue weighted by atomic mass is 10.0. The van der Waals surface area contributed by atoms with Gasteiger partial charge in [0.15, 0.2) is 0 Å². The van der Waals surface area contributed by atoms with Gasteiger partial charge in [-0.1, -0.05) is 24.3 Å². The Labute approximate surface area is 148 Å². The van der Waals surface area contributed by atoms with Crippen LogP contribution in [-0.4, -0.2) is 5.91 Å². The van der Waals surface area contributed by atoms with E-state index in [-0.39, 0.29) is 23.3 Å². The summed E-state index contributed by atoms with van der Waals surface area (Å²) in [6.07, 6.45) is -2.59. The fourth-order valence-corrected chi connectivity index (χ4v) is 3.91. The molecule has 0 saturated heterocycles. The minimum Gasteiger partial charge on any atom is -0.349 e. The van der Waals surface area contributed by atoms with E-state index < -0.39 is 23.6 Å². The Kier molecular flexibility index (Phi) is 4.01. The zero-order valence-electron chi connectivity index (χ0n) is 13.8. The van der Waals surface area contributed by atoms with Crippen LogP contribution in [0.15, 0.2) is 42.5 Å². The van der Waals surface area contributed by atoms with Gasteiger partial charge in [-0.3, -0.25) is 4.79 Å². The number of carbonyl (C=O) groups is 1. The van der Waals surface area contributed by atoms with Gasteiger partial charge < -0.3 is 5.32 Å². The summed E-state index contributed by atoms with van der Waals surface area (Å²) in [7, 11) is 0. The Morgan fingerprint density at radius 1 is 1.08 bits per heavy atom. The number of hydrogen-bond acceptors (Lipinski definition) is 1. The van der Waals surface area contributed by atoms with Gasteiger partial charge in [-0.25, -0.2) is 4.39 Å². The highest BCUT2D eigenvalue weighted by molar-refractivity contribution is 5.83. The second-order valence-corrected chi connectivity index (χ2v) is 6.98. The molecule has 2 aromatic rings. The van der Waals surface area contributed by atoms with E-state index in [2.05, 4.69) is 5.32 Å². The minimum absolute atomic E-state index is 0.179. The summed E-state index contributed by atoms with van der Waals surface area (Å²) in [4.78, 5) is 12.5. The van der Waals surface area contributed by atoms with Gasteiger partial charge >= 0.3 is 6.18 Å². The molecule has 3 unspecified atom stereocenters. The summed E-state index contributed by atoms with van der Waals surface area (Å²) in [6, 6.07) is 9.69. The first-order valence-electron chi connectivity index (χ1n) is 8.59. The molecular formula is C20H17F4NO. The van der Waals surface area contributed by atoms with Crippen LogP contribution in [0.5, 0.6) is 0 Å². The number of fused-ring (bicyclic) bond motifs is 1. The Morgan fingerprint density at radius 2 is 1.85 bits per heavy atom. The Hall–Kier alpha value is -2.37. The van der Waals surface area contributed by atoms with Crippen molar-refractivity contribution < 1.29 is 22.4 Å². The van der Waals surface area contributed by atoms with E-state index in [9.17, 15) is 22.4 Å². The number of nitrogens with one attached hydrogen (secondary N) is 1. The lowest BCUT2D eigenvalue weighted by Crippen LogP contribution is -2.29. The van der Waals surface area contributed by atoms with Crippen molar-refractivity contribution in [2.75, 3.05) is 0 Å². The van der Waals surface area contributed by atoms with E-state index in [1.54, 1.807) is 12.1 Å². The molecule has 3 atom stereocenters. The lowest BCUT2D eigenvalue weighted by molar-refractivity contribution is -0.138. The highest BCUT2D eigenvalue weighted by Crippen LogP contribution is 2.51. The average Bonchev–Trinajstić information content (AvgIpc) is 3.31. The van der Waals surface area contributed by atoms with Gasteiger partial charge in [0.2, 0.25) is 5.91 Å². The molecule has 2 nitrogen and oxygen atoms in total. The van der Waals surface area contributed by atoms with Crippen molar-refractivity contribution in [3.63, 3.8) is 0 Å². The summed E-state index contributed by atoms with van der Waals surface area (Å²) in [5.74, 6) is -1.49. The maximum atomic E-state index is 13.5. The van der Waals surface area contributed by atoms with Gasteiger partial charge in [-0.05, 0) is 60.1 Å². The van der Waals surface area contributed by atoms with Crippen LogP contribution in [-0.2, 0) is 17.4 Å². The maximum Gasteiger partial charge on any atom is 0.416 e. The Bertz CT molecular complexity index is 861. The van der Waals surface area contributed by atoms with Crippen LogP contribution in [0.4, 0.5) is 17.6 Å². The van der Waals surface area contributed by atoms with Gasteiger partial charge in [0, 0.05) is 5.92 Å². The molecule has 2 aliphatic rings. The fraction of sp³-hybridized carbons (Fsp3) is 0.350. The molecule has 2 aliphatic carbocycles. The quantitative estimate of drug-likeness (QED) is 0.784. The van der Waals surface area contributed by atoms with E-state index in [4.69, 9.17) is 0 Å². The number of halogens is 4. The zero-order valence-corrected chi connectivity index (χ0v) is 13.8. The number of alkyl halides is 3. The number of hydrogen-bond donors (Lipinski definition) is 1.